The Morgan fingerprint density at radius 2 is 1.74 bits per heavy atom. The third-order valence-corrected chi connectivity index (χ3v) is 4.28. The lowest BCUT2D eigenvalue weighted by molar-refractivity contribution is -0.0545. The molecule has 1 aromatic carbocycles. The van der Waals surface area contributed by atoms with Crippen molar-refractivity contribution in [3.63, 3.8) is 0 Å². The molecule has 0 spiro atoms. The standard InChI is InChI=1S/C15H23N3O4S/c1-11-8-18(9-12(2)22-11)15(19)17-7-13-3-5-14(6-4-13)10-23(16,20)21/h3-6,11-12H,7-10H2,1-2H3,(H,17,19)(H2,16,20,21)/t11-,12-/m0/s1. The first-order chi connectivity index (χ1) is 10.7. The molecule has 1 aromatic rings. The first-order valence-corrected chi connectivity index (χ1v) is 9.21. The molecule has 0 aromatic heterocycles. The number of primary sulfonamides is 1. The van der Waals surface area contributed by atoms with Gasteiger partial charge in [-0.05, 0) is 25.0 Å². The minimum atomic E-state index is -3.53. The normalized spacial score (nSPS) is 22.0. The van der Waals surface area contributed by atoms with Gasteiger partial charge in [-0.1, -0.05) is 24.3 Å². The molecule has 7 nitrogen and oxygen atoms in total. The molecular weight excluding hydrogens is 318 g/mol. The molecule has 0 bridgehead atoms. The van der Waals surface area contributed by atoms with Crippen LogP contribution in [0.4, 0.5) is 4.79 Å². The molecule has 2 atom stereocenters. The number of hydrogen-bond acceptors (Lipinski definition) is 4. The number of nitrogens with zero attached hydrogens (tertiary/aromatic N) is 1. The van der Waals surface area contributed by atoms with E-state index >= 15 is 0 Å². The summed E-state index contributed by atoms with van der Waals surface area (Å²) in [4.78, 5) is 13.9. The molecule has 2 rings (SSSR count). The van der Waals surface area contributed by atoms with Crippen molar-refractivity contribution in [1.29, 1.82) is 0 Å². The van der Waals surface area contributed by atoms with Crippen LogP contribution < -0.4 is 10.5 Å². The van der Waals surface area contributed by atoms with Crippen LogP contribution in [0.1, 0.15) is 25.0 Å². The molecule has 0 aliphatic carbocycles. The van der Waals surface area contributed by atoms with Crippen molar-refractivity contribution in [2.45, 2.75) is 38.4 Å². The highest BCUT2D eigenvalue weighted by atomic mass is 32.2. The summed E-state index contributed by atoms with van der Waals surface area (Å²) in [5.41, 5.74) is 1.52. The summed E-state index contributed by atoms with van der Waals surface area (Å²) in [7, 11) is -3.53. The predicted octanol–water partition coefficient (Wildman–Crippen LogP) is 0.794. The Bertz CT molecular complexity index is 635. The van der Waals surface area contributed by atoms with Crippen molar-refractivity contribution >= 4 is 16.1 Å². The van der Waals surface area contributed by atoms with Crippen molar-refractivity contribution in [2.75, 3.05) is 13.1 Å². The Kier molecular flexibility index (Phi) is 5.61. The molecule has 1 saturated heterocycles. The summed E-state index contributed by atoms with van der Waals surface area (Å²) in [6, 6.07) is 6.84. The van der Waals surface area contributed by atoms with Crippen LogP contribution in [-0.4, -0.2) is 44.6 Å². The largest absolute Gasteiger partial charge is 0.372 e. The third-order valence-electron chi connectivity index (χ3n) is 3.54. The molecule has 2 amide bonds. The Morgan fingerprint density at radius 3 is 2.26 bits per heavy atom. The fourth-order valence-corrected chi connectivity index (χ4v) is 3.28. The molecule has 23 heavy (non-hydrogen) atoms. The summed E-state index contributed by atoms with van der Waals surface area (Å²) in [6.45, 7) is 5.42. The van der Waals surface area contributed by atoms with E-state index in [0.717, 1.165) is 5.56 Å². The average Bonchev–Trinajstić information content (AvgIpc) is 2.43. The first kappa shape index (κ1) is 17.7. The van der Waals surface area contributed by atoms with Gasteiger partial charge in [-0.3, -0.25) is 0 Å². The average molecular weight is 341 g/mol. The monoisotopic (exact) mass is 341 g/mol. The quantitative estimate of drug-likeness (QED) is 0.845. The van der Waals surface area contributed by atoms with Crippen LogP contribution >= 0.6 is 0 Å². The molecule has 0 radical (unpaired) electrons. The van der Waals surface area contributed by atoms with Crippen molar-refractivity contribution in [1.82, 2.24) is 10.2 Å². The van der Waals surface area contributed by atoms with Crippen molar-refractivity contribution in [3.05, 3.63) is 35.4 Å². The van der Waals surface area contributed by atoms with E-state index in [1.165, 1.54) is 0 Å². The van der Waals surface area contributed by atoms with Crippen LogP contribution in [0.25, 0.3) is 0 Å². The van der Waals surface area contributed by atoms with Crippen molar-refractivity contribution in [3.8, 4) is 0 Å². The van der Waals surface area contributed by atoms with Gasteiger partial charge in [0.05, 0.1) is 18.0 Å². The molecule has 128 valence electrons. The lowest BCUT2D eigenvalue weighted by Gasteiger charge is -2.35. The number of benzene rings is 1. The van der Waals surface area contributed by atoms with Crippen LogP contribution in [-0.2, 0) is 27.1 Å². The molecule has 1 heterocycles. The second kappa shape index (κ2) is 7.29. The number of morpholine rings is 1. The number of nitrogens with one attached hydrogen (secondary N) is 1. The Morgan fingerprint density at radius 1 is 1.22 bits per heavy atom. The van der Waals surface area contributed by atoms with E-state index in [0.29, 0.717) is 25.2 Å². The number of carbonyl (C=O) groups excluding carboxylic acids is 1. The van der Waals surface area contributed by atoms with E-state index in [1.807, 2.05) is 13.8 Å². The maximum atomic E-state index is 12.2. The molecule has 3 N–H and O–H groups in total. The van der Waals surface area contributed by atoms with Gasteiger partial charge in [0.2, 0.25) is 10.0 Å². The first-order valence-electron chi connectivity index (χ1n) is 7.49. The molecule has 0 unspecified atom stereocenters. The zero-order valence-corrected chi connectivity index (χ0v) is 14.2. The fraction of sp³-hybridized carbons (Fsp3) is 0.533. The number of carbonyl (C=O) groups is 1. The maximum absolute atomic E-state index is 12.2. The van der Waals surface area contributed by atoms with E-state index < -0.39 is 10.0 Å². The summed E-state index contributed by atoms with van der Waals surface area (Å²) < 4.78 is 27.7. The van der Waals surface area contributed by atoms with E-state index in [9.17, 15) is 13.2 Å². The lowest BCUT2D eigenvalue weighted by atomic mass is 10.1. The highest BCUT2D eigenvalue weighted by molar-refractivity contribution is 7.88. The minimum Gasteiger partial charge on any atom is -0.372 e. The minimum absolute atomic E-state index is 0.0296. The third kappa shape index (κ3) is 5.81. The Balaban J connectivity index is 1.87. The molecule has 1 aliphatic rings. The van der Waals surface area contributed by atoms with Gasteiger partial charge in [-0.25, -0.2) is 18.4 Å². The lowest BCUT2D eigenvalue weighted by Crippen LogP contribution is -2.51. The second-order valence-electron chi connectivity index (χ2n) is 5.94. The molecule has 1 aliphatic heterocycles. The highest BCUT2D eigenvalue weighted by Gasteiger charge is 2.25. The van der Waals surface area contributed by atoms with Gasteiger partial charge >= 0.3 is 6.03 Å². The van der Waals surface area contributed by atoms with Gasteiger partial charge in [0.15, 0.2) is 0 Å². The number of urea groups is 1. The molecular formula is C15H23N3O4S. The molecule has 1 fully saturated rings. The van der Waals surface area contributed by atoms with Gasteiger partial charge in [0.1, 0.15) is 0 Å². The molecule has 8 heteroatoms. The van der Waals surface area contributed by atoms with Gasteiger partial charge in [0.25, 0.3) is 0 Å². The van der Waals surface area contributed by atoms with Crippen LogP contribution in [0.3, 0.4) is 0 Å². The van der Waals surface area contributed by atoms with Crippen LogP contribution in [0.2, 0.25) is 0 Å². The van der Waals surface area contributed by atoms with Crippen molar-refractivity contribution < 1.29 is 17.9 Å². The smallest absolute Gasteiger partial charge is 0.317 e. The number of amides is 2. The maximum Gasteiger partial charge on any atom is 0.317 e. The van der Waals surface area contributed by atoms with E-state index in [4.69, 9.17) is 9.88 Å². The number of sulfonamides is 1. The second-order valence-corrected chi connectivity index (χ2v) is 7.56. The van der Waals surface area contributed by atoms with Gasteiger partial charge in [-0.15, -0.1) is 0 Å². The van der Waals surface area contributed by atoms with Crippen LogP contribution in [0.5, 0.6) is 0 Å². The SMILES string of the molecule is C[C@H]1CN(C(=O)NCc2ccc(CS(N)(=O)=O)cc2)C[C@H](C)O1. The highest BCUT2D eigenvalue weighted by Crippen LogP contribution is 2.11. The predicted molar refractivity (Wildman–Crippen MR) is 87.1 cm³/mol. The fourth-order valence-electron chi connectivity index (χ4n) is 2.62. The summed E-state index contributed by atoms with van der Waals surface area (Å²) >= 11 is 0. The topological polar surface area (TPSA) is 102 Å². The zero-order chi connectivity index (χ0) is 17.0. The Hall–Kier alpha value is -1.64. The van der Waals surface area contributed by atoms with Crippen LogP contribution in [0, 0.1) is 0 Å². The van der Waals surface area contributed by atoms with Crippen molar-refractivity contribution in [2.24, 2.45) is 5.14 Å². The number of rotatable bonds is 4. The number of hydrogen-bond donors (Lipinski definition) is 2. The van der Waals surface area contributed by atoms with E-state index in [-0.39, 0.29) is 24.0 Å². The summed E-state index contributed by atoms with van der Waals surface area (Å²) in [5, 5.41) is 7.87. The zero-order valence-electron chi connectivity index (χ0n) is 13.4. The van der Waals surface area contributed by atoms with Gasteiger partial charge < -0.3 is 15.0 Å². The Labute approximate surface area is 136 Å². The van der Waals surface area contributed by atoms with E-state index in [2.05, 4.69) is 5.32 Å². The number of nitrogens with two attached hydrogens (primary N) is 1. The summed E-state index contributed by atoms with van der Waals surface area (Å²) in [6.07, 6.45) is 0.0593. The van der Waals surface area contributed by atoms with Gasteiger partial charge in [0, 0.05) is 19.6 Å². The van der Waals surface area contributed by atoms with Gasteiger partial charge in [-0.2, -0.15) is 0 Å². The number of ether oxygens (including phenoxy) is 1. The van der Waals surface area contributed by atoms with Crippen LogP contribution in [0.15, 0.2) is 24.3 Å². The summed E-state index contributed by atoms with van der Waals surface area (Å²) in [5.74, 6) is -0.191. The molecule has 0 saturated carbocycles. The van der Waals surface area contributed by atoms with E-state index in [1.54, 1.807) is 29.2 Å².